The summed E-state index contributed by atoms with van der Waals surface area (Å²) in [6.45, 7) is 3.15. The average Bonchev–Trinajstić information content (AvgIpc) is 3.29. The second-order valence-electron chi connectivity index (χ2n) is 8.63. The van der Waals surface area contributed by atoms with Gasteiger partial charge < -0.3 is 10.8 Å². The molecule has 6 nitrogen and oxygen atoms in total. The van der Waals surface area contributed by atoms with Crippen LogP contribution in [0.2, 0.25) is 0 Å². The summed E-state index contributed by atoms with van der Waals surface area (Å²) < 4.78 is 1.94. The largest absolute Gasteiger partial charge is 0.395 e. The SMILES string of the molecule is CCCCC(N1CCC[C@H]1CO)n1c(=O)c(-c2cccc(C(=N)N)c2)cc2ccccc21. The summed E-state index contributed by atoms with van der Waals surface area (Å²) in [5.74, 6) is -0.0170. The Morgan fingerprint density at radius 1 is 1.22 bits per heavy atom. The molecule has 1 aliphatic rings. The van der Waals surface area contributed by atoms with Gasteiger partial charge in [0.05, 0.1) is 18.3 Å². The predicted molar refractivity (Wildman–Crippen MR) is 130 cm³/mol. The number of hydrogen-bond donors (Lipinski definition) is 3. The van der Waals surface area contributed by atoms with Gasteiger partial charge in [-0.1, -0.05) is 56.2 Å². The Bertz CT molecular complexity index is 1170. The van der Waals surface area contributed by atoms with E-state index in [4.69, 9.17) is 11.1 Å². The molecular formula is C26H32N4O2. The second-order valence-corrected chi connectivity index (χ2v) is 8.63. The van der Waals surface area contributed by atoms with Gasteiger partial charge in [0.15, 0.2) is 0 Å². The number of hydrogen-bond acceptors (Lipinski definition) is 4. The number of amidine groups is 1. The number of benzene rings is 2. The lowest BCUT2D eigenvalue weighted by molar-refractivity contribution is 0.0766. The molecule has 3 aromatic rings. The minimum Gasteiger partial charge on any atom is -0.395 e. The van der Waals surface area contributed by atoms with E-state index < -0.39 is 0 Å². The number of nitrogens with zero attached hydrogens (tertiary/aromatic N) is 2. The molecule has 0 saturated carbocycles. The van der Waals surface area contributed by atoms with E-state index in [1.165, 1.54) is 0 Å². The van der Waals surface area contributed by atoms with Gasteiger partial charge in [-0.3, -0.25) is 19.7 Å². The topological polar surface area (TPSA) is 95.3 Å². The van der Waals surface area contributed by atoms with E-state index in [9.17, 15) is 9.90 Å². The first kappa shape index (κ1) is 22.2. The van der Waals surface area contributed by atoms with Crippen LogP contribution >= 0.6 is 0 Å². The molecule has 1 aromatic heterocycles. The van der Waals surface area contributed by atoms with Crippen molar-refractivity contribution in [2.75, 3.05) is 13.2 Å². The highest BCUT2D eigenvalue weighted by atomic mass is 16.3. The van der Waals surface area contributed by atoms with Gasteiger partial charge in [0.25, 0.3) is 5.56 Å². The Balaban J connectivity index is 1.95. The number of unbranched alkanes of at least 4 members (excludes halogenated alkanes) is 1. The molecule has 4 N–H and O–H groups in total. The quantitative estimate of drug-likeness (QED) is 0.369. The third-order valence-corrected chi connectivity index (χ3v) is 6.56. The van der Waals surface area contributed by atoms with Gasteiger partial charge in [-0.2, -0.15) is 0 Å². The summed E-state index contributed by atoms with van der Waals surface area (Å²) in [6, 6.07) is 17.3. The normalized spacial score (nSPS) is 17.6. The van der Waals surface area contributed by atoms with Gasteiger partial charge in [-0.25, -0.2) is 0 Å². The number of aliphatic hydroxyl groups excluding tert-OH is 1. The van der Waals surface area contributed by atoms with Crippen LogP contribution in [0.4, 0.5) is 0 Å². The van der Waals surface area contributed by atoms with E-state index in [1.807, 2.05) is 53.1 Å². The Morgan fingerprint density at radius 3 is 2.78 bits per heavy atom. The summed E-state index contributed by atoms with van der Waals surface area (Å²) in [6.07, 6.45) is 4.77. The number of fused-ring (bicyclic) bond motifs is 1. The molecule has 0 aliphatic carbocycles. The zero-order valence-electron chi connectivity index (χ0n) is 18.6. The Labute approximate surface area is 188 Å². The molecule has 0 amide bonds. The third kappa shape index (κ3) is 4.20. The van der Waals surface area contributed by atoms with Gasteiger partial charge in [-0.15, -0.1) is 0 Å². The lowest BCUT2D eigenvalue weighted by Gasteiger charge is -2.35. The first-order chi connectivity index (χ1) is 15.5. The van der Waals surface area contributed by atoms with Crippen molar-refractivity contribution in [1.29, 1.82) is 5.41 Å². The van der Waals surface area contributed by atoms with Crippen LogP contribution in [0.15, 0.2) is 59.4 Å². The Hall–Kier alpha value is -2.96. The fraction of sp³-hybridized carbons (Fsp3) is 0.385. The van der Waals surface area contributed by atoms with Gasteiger partial charge >= 0.3 is 0 Å². The lowest BCUT2D eigenvalue weighted by atomic mass is 10.0. The lowest BCUT2D eigenvalue weighted by Crippen LogP contribution is -2.42. The molecule has 0 bridgehead atoms. The smallest absolute Gasteiger partial charge is 0.260 e. The number of rotatable bonds is 8. The van der Waals surface area contributed by atoms with E-state index in [1.54, 1.807) is 6.07 Å². The molecule has 6 heteroatoms. The number of nitrogens with two attached hydrogens (primary N) is 1. The molecule has 0 radical (unpaired) electrons. The highest BCUT2D eigenvalue weighted by Gasteiger charge is 2.32. The maximum atomic E-state index is 14.0. The van der Waals surface area contributed by atoms with Gasteiger partial charge in [-0.05, 0) is 48.4 Å². The summed E-state index contributed by atoms with van der Waals surface area (Å²) >= 11 is 0. The number of aliphatic hydroxyl groups is 1. The summed E-state index contributed by atoms with van der Waals surface area (Å²) in [5, 5.41) is 18.8. The maximum Gasteiger partial charge on any atom is 0.260 e. The summed E-state index contributed by atoms with van der Waals surface area (Å²) in [4.78, 5) is 16.3. The number of likely N-dealkylation sites (tertiary alicyclic amines) is 1. The molecule has 1 saturated heterocycles. The molecule has 1 fully saturated rings. The van der Waals surface area contributed by atoms with Crippen molar-refractivity contribution in [1.82, 2.24) is 9.47 Å². The summed E-state index contributed by atoms with van der Waals surface area (Å²) in [5.41, 5.74) is 8.54. The zero-order chi connectivity index (χ0) is 22.7. The van der Waals surface area contributed by atoms with Crippen molar-refractivity contribution < 1.29 is 5.11 Å². The predicted octanol–water partition coefficient (Wildman–Crippen LogP) is 4.10. The highest BCUT2D eigenvalue weighted by Crippen LogP contribution is 2.32. The first-order valence-corrected chi connectivity index (χ1v) is 11.5. The molecule has 1 aliphatic heterocycles. The van der Waals surface area contributed by atoms with Crippen molar-refractivity contribution in [3.05, 3.63) is 70.5 Å². The molecule has 0 spiro atoms. The van der Waals surface area contributed by atoms with Crippen molar-refractivity contribution >= 4 is 16.7 Å². The fourth-order valence-electron chi connectivity index (χ4n) is 4.92. The van der Waals surface area contributed by atoms with Crippen LogP contribution < -0.4 is 11.3 Å². The summed E-state index contributed by atoms with van der Waals surface area (Å²) in [7, 11) is 0. The molecule has 2 heterocycles. The standard InChI is InChI=1S/C26H32N4O2/c1-2-3-13-24(29-14-7-11-21(29)17-31)30-23-12-5-4-8-19(23)16-22(26(30)32)18-9-6-10-20(15-18)25(27)28/h4-6,8-10,12,15-16,21,24,31H,2-3,7,11,13-14,17H2,1H3,(H3,27,28)/t21-,24?/m0/s1. The van der Waals surface area contributed by atoms with E-state index in [2.05, 4.69) is 11.8 Å². The first-order valence-electron chi connectivity index (χ1n) is 11.5. The third-order valence-electron chi connectivity index (χ3n) is 6.56. The van der Waals surface area contributed by atoms with Gasteiger partial charge in [0.1, 0.15) is 5.84 Å². The molecule has 1 unspecified atom stereocenters. The Kier molecular flexibility index (Phi) is 6.72. The molecule has 2 aromatic carbocycles. The zero-order valence-corrected chi connectivity index (χ0v) is 18.6. The van der Waals surface area contributed by atoms with E-state index in [0.29, 0.717) is 11.1 Å². The van der Waals surface area contributed by atoms with Crippen LogP contribution in [0.3, 0.4) is 0 Å². The number of nitrogen functional groups attached to an aromatic ring is 1. The van der Waals surface area contributed by atoms with Crippen molar-refractivity contribution in [3.8, 4) is 11.1 Å². The van der Waals surface area contributed by atoms with Crippen LogP contribution in [-0.4, -0.2) is 39.6 Å². The molecule has 2 atom stereocenters. The number of para-hydroxylation sites is 1. The fourth-order valence-corrected chi connectivity index (χ4v) is 4.92. The van der Waals surface area contributed by atoms with Crippen molar-refractivity contribution in [2.24, 2.45) is 5.73 Å². The van der Waals surface area contributed by atoms with Crippen molar-refractivity contribution in [3.63, 3.8) is 0 Å². The van der Waals surface area contributed by atoms with Crippen LogP contribution in [0, 0.1) is 5.41 Å². The molecule has 32 heavy (non-hydrogen) atoms. The molecular weight excluding hydrogens is 400 g/mol. The average molecular weight is 433 g/mol. The van der Waals surface area contributed by atoms with Crippen LogP contribution in [0.25, 0.3) is 22.0 Å². The number of pyridine rings is 1. The van der Waals surface area contributed by atoms with E-state index in [-0.39, 0.29) is 30.2 Å². The maximum absolute atomic E-state index is 14.0. The number of nitrogens with one attached hydrogen (secondary N) is 1. The van der Waals surface area contributed by atoms with E-state index >= 15 is 0 Å². The van der Waals surface area contributed by atoms with Crippen molar-refractivity contribution in [2.45, 2.75) is 51.2 Å². The van der Waals surface area contributed by atoms with Gasteiger partial charge in [0.2, 0.25) is 0 Å². The monoisotopic (exact) mass is 432 g/mol. The van der Waals surface area contributed by atoms with Crippen LogP contribution in [-0.2, 0) is 0 Å². The Morgan fingerprint density at radius 2 is 2.03 bits per heavy atom. The minimum atomic E-state index is -0.108. The second kappa shape index (κ2) is 9.67. The van der Waals surface area contributed by atoms with Crippen LogP contribution in [0.5, 0.6) is 0 Å². The minimum absolute atomic E-state index is 0.0170. The number of aromatic nitrogens is 1. The molecule has 4 rings (SSSR count). The molecule has 168 valence electrons. The van der Waals surface area contributed by atoms with Crippen LogP contribution in [0.1, 0.15) is 50.8 Å². The van der Waals surface area contributed by atoms with Gasteiger partial charge in [0, 0.05) is 23.7 Å². The van der Waals surface area contributed by atoms with E-state index in [0.717, 1.165) is 55.1 Å². The highest BCUT2D eigenvalue weighted by molar-refractivity contribution is 5.96.